The van der Waals surface area contributed by atoms with E-state index in [4.69, 9.17) is 11.6 Å². The molecule has 2 aliphatic heterocycles. The summed E-state index contributed by atoms with van der Waals surface area (Å²) in [5.74, 6) is 1.30. The van der Waals surface area contributed by atoms with E-state index < -0.39 is 4.92 Å². The number of nitro groups is 1. The fourth-order valence-electron chi connectivity index (χ4n) is 4.66. The molecule has 0 spiro atoms. The van der Waals surface area contributed by atoms with Crippen molar-refractivity contribution < 1.29 is 9.72 Å². The van der Waals surface area contributed by atoms with Crippen LogP contribution in [0, 0.1) is 16.0 Å². The van der Waals surface area contributed by atoms with Crippen molar-refractivity contribution >= 4 is 34.7 Å². The fraction of sp³-hybridized carbons (Fsp3) is 0.478. The number of piperazine rings is 1. The number of halogens is 1. The first kappa shape index (κ1) is 23.4. The molecule has 0 radical (unpaired) electrons. The molecular weight excluding hydrogens is 444 g/mol. The topological polar surface area (TPSA) is 94.9 Å². The van der Waals surface area contributed by atoms with Crippen molar-refractivity contribution in [1.82, 2.24) is 14.8 Å². The largest absolute Gasteiger partial charge is 0.354 e. The highest BCUT2D eigenvalue weighted by Crippen LogP contribution is 2.28. The zero-order chi connectivity index (χ0) is 23.2. The fourth-order valence-corrected chi connectivity index (χ4v) is 4.83. The number of nitrogens with zero attached hydrogens (tertiary/aromatic N) is 5. The van der Waals surface area contributed by atoms with E-state index in [-0.39, 0.29) is 28.8 Å². The molecule has 3 heterocycles. The average molecular weight is 473 g/mol. The van der Waals surface area contributed by atoms with Crippen LogP contribution in [0.15, 0.2) is 42.6 Å². The number of benzene rings is 1. The summed E-state index contributed by atoms with van der Waals surface area (Å²) >= 11 is 5.85. The van der Waals surface area contributed by atoms with Gasteiger partial charge in [-0.1, -0.05) is 17.7 Å². The number of likely N-dealkylation sites (tertiary alicyclic amines) is 1. The summed E-state index contributed by atoms with van der Waals surface area (Å²) in [6, 6.07) is 10.3. The normalized spacial score (nSPS) is 19.9. The Morgan fingerprint density at radius 2 is 1.97 bits per heavy atom. The van der Waals surface area contributed by atoms with E-state index in [0.29, 0.717) is 5.92 Å². The number of aromatic nitrogens is 1. The molecule has 1 amide bonds. The first-order valence-corrected chi connectivity index (χ1v) is 11.7. The Kier molecular flexibility index (Phi) is 7.74. The van der Waals surface area contributed by atoms with Gasteiger partial charge in [0.1, 0.15) is 11.5 Å². The van der Waals surface area contributed by atoms with E-state index in [2.05, 4.69) is 31.1 Å². The average Bonchev–Trinajstić information content (AvgIpc) is 2.81. The summed E-state index contributed by atoms with van der Waals surface area (Å²) < 4.78 is 0. The van der Waals surface area contributed by atoms with Crippen LogP contribution in [0.2, 0.25) is 5.02 Å². The van der Waals surface area contributed by atoms with Gasteiger partial charge in [0.2, 0.25) is 5.91 Å². The van der Waals surface area contributed by atoms with E-state index in [1.54, 1.807) is 0 Å². The molecule has 0 bridgehead atoms. The summed E-state index contributed by atoms with van der Waals surface area (Å²) in [5, 5.41) is 14.2. The lowest BCUT2D eigenvalue weighted by Gasteiger charge is -2.39. The molecule has 1 aromatic heterocycles. The van der Waals surface area contributed by atoms with Crippen LogP contribution in [0.5, 0.6) is 0 Å². The third-order valence-corrected chi connectivity index (χ3v) is 6.50. The summed E-state index contributed by atoms with van der Waals surface area (Å²) in [6.07, 6.45) is 4.04. The lowest BCUT2D eigenvalue weighted by molar-refractivity contribution is -0.383. The summed E-state index contributed by atoms with van der Waals surface area (Å²) in [4.78, 5) is 34.7. The van der Waals surface area contributed by atoms with Crippen LogP contribution in [-0.4, -0.2) is 78.0 Å². The van der Waals surface area contributed by atoms with E-state index in [1.807, 2.05) is 18.3 Å². The lowest BCUT2D eigenvalue weighted by atomic mass is 9.97. The Morgan fingerprint density at radius 1 is 1.15 bits per heavy atom. The second-order valence-electron chi connectivity index (χ2n) is 8.69. The van der Waals surface area contributed by atoms with Crippen molar-refractivity contribution in [3.05, 3.63) is 57.7 Å². The molecule has 1 unspecified atom stereocenters. The first-order chi connectivity index (χ1) is 16.0. The van der Waals surface area contributed by atoms with E-state index in [9.17, 15) is 14.9 Å². The van der Waals surface area contributed by atoms with Gasteiger partial charge in [0, 0.05) is 56.6 Å². The molecule has 2 aliphatic rings. The Bertz CT molecular complexity index is 968. The Hall–Kier alpha value is -2.75. The molecule has 4 rings (SSSR count). The summed E-state index contributed by atoms with van der Waals surface area (Å²) in [7, 11) is 0. The minimum absolute atomic E-state index is 0.175. The van der Waals surface area contributed by atoms with Crippen molar-refractivity contribution in [1.29, 1.82) is 0 Å². The molecule has 0 aliphatic carbocycles. The van der Waals surface area contributed by atoms with E-state index in [0.717, 1.165) is 64.5 Å². The highest BCUT2D eigenvalue weighted by Gasteiger charge is 2.26. The highest BCUT2D eigenvalue weighted by atomic mass is 35.5. The Balaban J connectivity index is 1.24. The van der Waals surface area contributed by atoms with Gasteiger partial charge in [0.15, 0.2) is 0 Å². The molecule has 2 saturated heterocycles. The molecule has 1 atom stereocenters. The minimum atomic E-state index is -0.536. The van der Waals surface area contributed by atoms with Crippen molar-refractivity contribution in [3.8, 4) is 0 Å². The van der Waals surface area contributed by atoms with Crippen LogP contribution < -0.4 is 10.2 Å². The van der Waals surface area contributed by atoms with Crippen molar-refractivity contribution in [2.75, 3.05) is 62.6 Å². The molecule has 33 heavy (non-hydrogen) atoms. The number of nitrogens with one attached hydrogen (secondary N) is 1. The quantitative estimate of drug-likeness (QED) is 0.488. The molecule has 2 aromatic rings. The molecule has 176 valence electrons. The molecule has 2 fully saturated rings. The van der Waals surface area contributed by atoms with Crippen molar-refractivity contribution in [2.24, 2.45) is 5.92 Å². The molecule has 1 N–H and O–H groups in total. The zero-order valence-corrected chi connectivity index (χ0v) is 19.3. The number of carbonyl (C=O) groups is 1. The predicted octanol–water partition coefficient (Wildman–Crippen LogP) is 3.12. The van der Waals surface area contributed by atoms with Gasteiger partial charge in [-0.05, 0) is 49.6 Å². The molecule has 0 saturated carbocycles. The van der Waals surface area contributed by atoms with Gasteiger partial charge in [0.25, 0.3) is 5.69 Å². The number of rotatable bonds is 7. The number of amides is 1. The van der Waals surface area contributed by atoms with Gasteiger partial charge in [-0.15, -0.1) is 0 Å². The van der Waals surface area contributed by atoms with Crippen molar-refractivity contribution in [2.45, 2.75) is 12.8 Å². The van der Waals surface area contributed by atoms with Crippen LogP contribution >= 0.6 is 11.6 Å². The van der Waals surface area contributed by atoms with Gasteiger partial charge in [-0.25, -0.2) is 4.98 Å². The van der Waals surface area contributed by atoms with Gasteiger partial charge in [0.05, 0.1) is 11.5 Å². The highest BCUT2D eigenvalue weighted by molar-refractivity contribution is 6.31. The number of pyridine rings is 1. The first-order valence-electron chi connectivity index (χ1n) is 11.3. The second kappa shape index (κ2) is 10.9. The second-order valence-corrected chi connectivity index (χ2v) is 9.12. The van der Waals surface area contributed by atoms with Gasteiger partial charge < -0.3 is 10.2 Å². The third kappa shape index (κ3) is 6.40. The van der Waals surface area contributed by atoms with Gasteiger partial charge >= 0.3 is 0 Å². The zero-order valence-electron chi connectivity index (χ0n) is 18.5. The maximum Gasteiger partial charge on any atom is 0.294 e. The van der Waals surface area contributed by atoms with E-state index in [1.165, 1.54) is 18.2 Å². The number of anilines is 2. The maximum atomic E-state index is 12.6. The van der Waals surface area contributed by atoms with Crippen LogP contribution in [0.4, 0.5) is 17.2 Å². The Labute approximate surface area is 198 Å². The number of nitro benzene ring substituents is 1. The number of carbonyl (C=O) groups excluding carboxylic acids is 1. The third-order valence-electron chi connectivity index (χ3n) is 6.26. The molecule has 10 heteroatoms. The minimum Gasteiger partial charge on any atom is -0.354 e. The van der Waals surface area contributed by atoms with Crippen LogP contribution in [0.3, 0.4) is 0 Å². The maximum absolute atomic E-state index is 12.6. The molecule has 1 aromatic carbocycles. The Morgan fingerprint density at radius 3 is 2.70 bits per heavy atom. The molecular formula is C23H29ClN6O3. The van der Waals surface area contributed by atoms with Crippen LogP contribution in [0.25, 0.3) is 0 Å². The summed E-state index contributed by atoms with van der Waals surface area (Å²) in [6.45, 7) is 6.92. The monoisotopic (exact) mass is 472 g/mol. The number of piperidine rings is 1. The predicted molar refractivity (Wildman–Crippen MR) is 129 cm³/mol. The number of hydrogen-bond donors (Lipinski definition) is 1. The standard InChI is InChI=1S/C23H29ClN6O3/c24-19-6-7-20(21(14-19)30(32)33)26-23(31)17-28-9-3-4-18(16-28)15-27-10-12-29(13-11-27)22-5-1-2-8-25-22/h1-2,5-8,14,18H,3-4,9-13,15-17H2,(H,26,31). The smallest absolute Gasteiger partial charge is 0.294 e. The van der Waals surface area contributed by atoms with E-state index >= 15 is 0 Å². The van der Waals surface area contributed by atoms with Gasteiger partial charge in [-0.2, -0.15) is 0 Å². The molecule has 9 nitrogen and oxygen atoms in total. The summed E-state index contributed by atoms with van der Waals surface area (Å²) in [5.41, 5.74) is -0.0223. The number of hydrogen-bond acceptors (Lipinski definition) is 7. The van der Waals surface area contributed by atoms with Crippen LogP contribution in [0.1, 0.15) is 12.8 Å². The van der Waals surface area contributed by atoms with Crippen LogP contribution in [-0.2, 0) is 4.79 Å². The lowest BCUT2D eigenvalue weighted by Crippen LogP contribution is -2.50. The van der Waals surface area contributed by atoms with Gasteiger partial charge in [-0.3, -0.25) is 24.7 Å². The van der Waals surface area contributed by atoms with Crippen molar-refractivity contribution in [3.63, 3.8) is 0 Å². The SMILES string of the molecule is O=C(CN1CCCC(CN2CCN(c3ccccn3)CC2)C1)Nc1ccc(Cl)cc1[N+](=O)[O-].